The second kappa shape index (κ2) is 11.7. The molecule has 1 N–H and O–H groups in total. The number of esters is 1. The summed E-state index contributed by atoms with van der Waals surface area (Å²) in [6.45, 7) is 6.04. The Morgan fingerprint density at radius 2 is 1.62 bits per heavy atom. The van der Waals surface area contributed by atoms with Crippen molar-refractivity contribution in [3.63, 3.8) is 0 Å². The van der Waals surface area contributed by atoms with Crippen LogP contribution < -0.4 is 5.32 Å². The van der Waals surface area contributed by atoms with Gasteiger partial charge < -0.3 is 10.1 Å². The summed E-state index contributed by atoms with van der Waals surface area (Å²) in [6, 6.07) is 1.69. The molecule has 1 amide bonds. The Balaban J connectivity index is 2.93. The van der Waals surface area contributed by atoms with Gasteiger partial charge in [0.05, 0.1) is 28.1 Å². The molecule has 0 saturated carbocycles. The van der Waals surface area contributed by atoms with Crippen LogP contribution in [0, 0.1) is 26.1 Å². The fourth-order valence-corrected chi connectivity index (χ4v) is 2.67. The Kier molecular flexibility index (Phi) is 9.70. The number of non-ortho nitro benzene ring substituents is 2. The van der Waals surface area contributed by atoms with Crippen LogP contribution in [0.2, 0.25) is 0 Å². The number of benzene rings is 1. The number of nitrogens with zero attached hydrogens (tertiary/aromatic N) is 2. The van der Waals surface area contributed by atoms with E-state index >= 15 is 0 Å². The molecule has 10 nitrogen and oxygen atoms in total. The Labute approximate surface area is 168 Å². The maximum absolute atomic E-state index is 12.5. The van der Waals surface area contributed by atoms with Crippen LogP contribution >= 0.6 is 0 Å². The van der Waals surface area contributed by atoms with Gasteiger partial charge in [-0.05, 0) is 18.8 Å². The van der Waals surface area contributed by atoms with Gasteiger partial charge in [-0.1, -0.05) is 40.0 Å². The molecule has 0 radical (unpaired) electrons. The summed E-state index contributed by atoms with van der Waals surface area (Å²) in [5, 5.41) is 24.5. The highest BCUT2D eigenvalue weighted by Crippen LogP contribution is 2.23. The molecule has 1 unspecified atom stereocenters. The zero-order valence-electron chi connectivity index (χ0n) is 16.9. The Morgan fingerprint density at radius 1 is 1.03 bits per heavy atom. The monoisotopic (exact) mass is 409 g/mol. The van der Waals surface area contributed by atoms with E-state index in [9.17, 15) is 29.8 Å². The van der Waals surface area contributed by atoms with Gasteiger partial charge in [-0.25, -0.2) is 4.79 Å². The molecule has 29 heavy (non-hydrogen) atoms. The van der Waals surface area contributed by atoms with Crippen LogP contribution in [0.4, 0.5) is 11.4 Å². The van der Waals surface area contributed by atoms with Gasteiger partial charge in [-0.3, -0.25) is 25.0 Å². The molecule has 0 fully saturated rings. The van der Waals surface area contributed by atoms with Crippen LogP contribution in [0.15, 0.2) is 18.2 Å². The van der Waals surface area contributed by atoms with E-state index in [2.05, 4.69) is 12.2 Å². The number of nitro groups is 2. The molecule has 0 saturated heterocycles. The van der Waals surface area contributed by atoms with Gasteiger partial charge >= 0.3 is 5.97 Å². The van der Waals surface area contributed by atoms with Gasteiger partial charge in [0.25, 0.3) is 17.3 Å². The molecule has 160 valence electrons. The molecule has 1 rings (SSSR count). The molecular weight excluding hydrogens is 382 g/mol. The van der Waals surface area contributed by atoms with E-state index in [0.29, 0.717) is 6.42 Å². The first-order valence-corrected chi connectivity index (χ1v) is 9.57. The van der Waals surface area contributed by atoms with Crippen molar-refractivity contribution in [3.8, 4) is 0 Å². The fourth-order valence-electron chi connectivity index (χ4n) is 2.67. The zero-order chi connectivity index (χ0) is 22.0. The highest BCUT2D eigenvalue weighted by molar-refractivity contribution is 5.97. The van der Waals surface area contributed by atoms with Crippen LogP contribution in [-0.2, 0) is 9.53 Å². The van der Waals surface area contributed by atoms with E-state index in [1.807, 2.05) is 13.8 Å². The number of nitrogens with one attached hydrogen (secondary N) is 1. The lowest BCUT2D eigenvalue weighted by Gasteiger charge is -2.19. The topological polar surface area (TPSA) is 142 Å². The second-order valence-corrected chi connectivity index (χ2v) is 7.14. The quantitative estimate of drug-likeness (QED) is 0.240. The normalized spacial score (nSPS) is 11.7. The maximum Gasteiger partial charge on any atom is 0.328 e. The van der Waals surface area contributed by atoms with Crippen LogP contribution in [-0.4, -0.2) is 34.4 Å². The van der Waals surface area contributed by atoms with E-state index in [-0.39, 0.29) is 18.1 Å². The van der Waals surface area contributed by atoms with Gasteiger partial charge in [-0.2, -0.15) is 0 Å². The van der Waals surface area contributed by atoms with E-state index in [1.54, 1.807) is 0 Å². The molecule has 0 heterocycles. The van der Waals surface area contributed by atoms with E-state index < -0.39 is 39.1 Å². The van der Waals surface area contributed by atoms with Crippen molar-refractivity contribution in [2.75, 3.05) is 6.61 Å². The molecule has 0 aliphatic heterocycles. The summed E-state index contributed by atoms with van der Waals surface area (Å²) in [4.78, 5) is 45.3. The highest BCUT2D eigenvalue weighted by atomic mass is 16.6. The standard InChI is InChI=1S/C19H27N3O7/c1-4-5-6-7-8-29-19(24)17(9-13(2)3)20-18(23)14-10-15(21(25)26)12-16(11-14)22(27)28/h10-13,17H,4-9H2,1-3H3,(H,20,23). The summed E-state index contributed by atoms with van der Waals surface area (Å²) < 4.78 is 5.24. The lowest BCUT2D eigenvalue weighted by molar-refractivity contribution is -0.394. The molecule has 1 aromatic carbocycles. The van der Waals surface area contributed by atoms with Crippen molar-refractivity contribution in [3.05, 3.63) is 44.0 Å². The minimum Gasteiger partial charge on any atom is -0.464 e. The van der Waals surface area contributed by atoms with Crippen molar-refractivity contribution in [2.24, 2.45) is 5.92 Å². The number of nitro benzene ring substituents is 2. The first-order chi connectivity index (χ1) is 13.6. The molecule has 0 bridgehead atoms. The largest absolute Gasteiger partial charge is 0.464 e. The number of carbonyl (C=O) groups is 2. The number of amides is 1. The molecule has 0 aliphatic carbocycles. The number of hydrogen-bond donors (Lipinski definition) is 1. The molecule has 1 atom stereocenters. The minimum absolute atomic E-state index is 0.0624. The average molecular weight is 409 g/mol. The van der Waals surface area contributed by atoms with Crippen molar-refractivity contribution in [1.29, 1.82) is 0 Å². The Hall–Kier alpha value is -3.04. The fraction of sp³-hybridized carbons (Fsp3) is 0.579. The van der Waals surface area contributed by atoms with Crippen molar-refractivity contribution in [2.45, 2.75) is 58.9 Å². The van der Waals surface area contributed by atoms with Crippen LogP contribution in [0.3, 0.4) is 0 Å². The third kappa shape index (κ3) is 8.24. The molecule has 10 heteroatoms. The number of rotatable bonds is 12. The third-order valence-corrected chi connectivity index (χ3v) is 4.13. The van der Waals surface area contributed by atoms with E-state index in [1.165, 1.54) is 0 Å². The summed E-state index contributed by atoms with van der Waals surface area (Å²) in [7, 11) is 0. The van der Waals surface area contributed by atoms with Gasteiger partial charge in [-0.15, -0.1) is 0 Å². The summed E-state index contributed by atoms with van der Waals surface area (Å²) >= 11 is 0. The van der Waals surface area contributed by atoms with Crippen molar-refractivity contribution in [1.82, 2.24) is 5.32 Å². The minimum atomic E-state index is -0.952. The third-order valence-electron chi connectivity index (χ3n) is 4.13. The summed E-state index contributed by atoms with van der Waals surface area (Å²) in [6.07, 6.45) is 4.04. The Morgan fingerprint density at radius 3 is 2.10 bits per heavy atom. The zero-order valence-corrected chi connectivity index (χ0v) is 16.9. The van der Waals surface area contributed by atoms with E-state index in [0.717, 1.165) is 43.9 Å². The molecule has 1 aromatic rings. The summed E-state index contributed by atoms with van der Waals surface area (Å²) in [5.74, 6) is -1.35. The van der Waals surface area contributed by atoms with Gasteiger partial charge in [0, 0.05) is 12.1 Å². The van der Waals surface area contributed by atoms with Gasteiger partial charge in [0.15, 0.2) is 0 Å². The predicted octanol–water partition coefficient (Wildman–Crippen LogP) is 3.77. The lowest BCUT2D eigenvalue weighted by Crippen LogP contribution is -2.42. The number of ether oxygens (including phenoxy) is 1. The first kappa shape index (κ1) is 24.0. The van der Waals surface area contributed by atoms with Crippen LogP contribution in [0.5, 0.6) is 0 Å². The highest BCUT2D eigenvalue weighted by Gasteiger charge is 2.26. The van der Waals surface area contributed by atoms with E-state index in [4.69, 9.17) is 4.74 Å². The Bertz CT molecular complexity index is 717. The van der Waals surface area contributed by atoms with Gasteiger partial charge in [0.1, 0.15) is 6.04 Å². The maximum atomic E-state index is 12.5. The molecule has 0 spiro atoms. The first-order valence-electron chi connectivity index (χ1n) is 9.57. The summed E-state index contributed by atoms with van der Waals surface area (Å²) in [5.41, 5.74) is -1.43. The predicted molar refractivity (Wildman–Crippen MR) is 106 cm³/mol. The van der Waals surface area contributed by atoms with Crippen LogP contribution in [0.25, 0.3) is 0 Å². The molecule has 0 aromatic heterocycles. The lowest BCUT2D eigenvalue weighted by atomic mass is 10.0. The van der Waals surface area contributed by atoms with Crippen molar-refractivity contribution < 1.29 is 24.2 Å². The molecular formula is C19H27N3O7. The van der Waals surface area contributed by atoms with Gasteiger partial charge in [0.2, 0.25) is 0 Å². The smallest absolute Gasteiger partial charge is 0.328 e. The number of carbonyl (C=O) groups excluding carboxylic acids is 2. The molecule has 0 aliphatic rings. The number of hydrogen-bond acceptors (Lipinski definition) is 7. The number of unbranched alkanes of at least 4 members (excludes halogenated alkanes) is 3. The van der Waals surface area contributed by atoms with Crippen LogP contribution in [0.1, 0.15) is 63.2 Å². The SMILES string of the molecule is CCCCCCOC(=O)C(CC(C)C)NC(=O)c1cc([N+](=O)[O-])cc([N+](=O)[O-])c1. The second-order valence-electron chi connectivity index (χ2n) is 7.14. The average Bonchev–Trinajstić information content (AvgIpc) is 2.66. The van der Waals surface area contributed by atoms with Crippen molar-refractivity contribution >= 4 is 23.3 Å².